The molecule has 1 aliphatic rings. The van der Waals surface area contributed by atoms with Crippen LogP contribution < -0.4 is 5.73 Å². The van der Waals surface area contributed by atoms with Crippen LogP contribution in [0.2, 0.25) is 4.47 Å². The summed E-state index contributed by atoms with van der Waals surface area (Å²) in [6, 6.07) is 0.469. The van der Waals surface area contributed by atoms with E-state index in [9.17, 15) is 0 Å². The second kappa shape index (κ2) is 5.40. The molecule has 1 saturated heterocycles. The van der Waals surface area contributed by atoms with Crippen LogP contribution in [0.1, 0.15) is 24.8 Å². The maximum Gasteiger partial charge on any atom is 0.207 e. The fraction of sp³-hybridized carbons (Fsp3) is 0.800. The minimum Gasteiger partial charge on any atom is -0.329 e. The molecule has 0 amide bonds. The summed E-state index contributed by atoms with van der Waals surface area (Å²) in [5, 5.41) is 8.87. The van der Waals surface area contributed by atoms with Crippen molar-refractivity contribution in [2.24, 2.45) is 11.7 Å². The molecule has 90 valence electrons. The first-order valence-electron chi connectivity index (χ1n) is 5.62. The van der Waals surface area contributed by atoms with Crippen LogP contribution in [-0.2, 0) is 6.54 Å². The van der Waals surface area contributed by atoms with Gasteiger partial charge in [0, 0.05) is 12.6 Å². The summed E-state index contributed by atoms with van der Waals surface area (Å²) >= 11 is 7.23. The topological polar surface area (TPSA) is 55.0 Å². The third-order valence-corrected chi connectivity index (χ3v) is 4.26. The molecule has 2 unspecified atom stereocenters. The van der Waals surface area contributed by atoms with Crippen molar-refractivity contribution in [1.82, 2.24) is 15.1 Å². The molecule has 1 aliphatic heterocycles. The number of likely N-dealkylation sites (tertiary alicyclic amines) is 1. The number of hydrogen-bond acceptors (Lipinski definition) is 5. The van der Waals surface area contributed by atoms with Gasteiger partial charge in [0.05, 0.1) is 6.54 Å². The first kappa shape index (κ1) is 12.2. The Hall–Kier alpha value is -0.230. The van der Waals surface area contributed by atoms with Crippen LogP contribution in [0.5, 0.6) is 0 Å². The Kier molecular flexibility index (Phi) is 4.13. The van der Waals surface area contributed by atoms with Crippen molar-refractivity contribution < 1.29 is 0 Å². The van der Waals surface area contributed by atoms with Crippen LogP contribution in [0.25, 0.3) is 0 Å². The zero-order chi connectivity index (χ0) is 11.5. The van der Waals surface area contributed by atoms with Crippen molar-refractivity contribution in [3.63, 3.8) is 0 Å². The zero-order valence-electron chi connectivity index (χ0n) is 9.40. The van der Waals surface area contributed by atoms with Crippen molar-refractivity contribution in [3.8, 4) is 0 Å². The summed E-state index contributed by atoms with van der Waals surface area (Å²) < 4.78 is 0.518. The highest BCUT2D eigenvalue weighted by atomic mass is 35.5. The van der Waals surface area contributed by atoms with Gasteiger partial charge in [-0.05, 0) is 36.9 Å². The summed E-state index contributed by atoms with van der Waals surface area (Å²) in [5.41, 5.74) is 5.84. The lowest BCUT2D eigenvalue weighted by Gasteiger charge is -2.38. The SMILES string of the molecule is CC1CCCN(Cc2nnc(Cl)s2)C1CN. The first-order valence-corrected chi connectivity index (χ1v) is 6.82. The molecule has 4 nitrogen and oxygen atoms in total. The summed E-state index contributed by atoms with van der Waals surface area (Å²) in [6.07, 6.45) is 2.51. The van der Waals surface area contributed by atoms with Crippen LogP contribution in [0, 0.1) is 5.92 Å². The smallest absolute Gasteiger partial charge is 0.207 e. The maximum atomic E-state index is 5.84. The third kappa shape index (κ3) is 2.71. The normalized spacial score (nSPS) is 27.2. The van der Waals surface area contributed by atoms with Gasteiger partial charge in [-0.3, -0.25) is 4.90 Å². The number of halogens is 1. The van der Waals surface area contributed by atoms with Crippen LogP contribution in [0.15, 0.2) is 0 Å². The highest BCUT2D eigenvalue weighted by Crippen LogP contribution is 2.25. The summed E-state index contributed by atoms with van der Waals surface area (Å²) in [7, 11) is 0. The van der Waals surface area contributed by atoms with Crippen molar-refractivity contribution >= 4 is 22.9 Å². The number of hydrogen-bond donors (Lipinski definition) is 1. The fourth-order valence-corrected chi connectivity index (χ4v) is 3.28. The van der Waals surface area contributed by atoms with Crippen LogP contribution in [-0.4, -0.2) is 34.2 Å². The Morgan fingerprint density at radius 1 is 1.56 bits per heavy atom. The van der Waals surface area contributed by atoms with Crippen molar-refractivity contribution in [1.29, 1.82) is 0 Å². The molecule has 0 aromatic carbocycles. The second-order valence-electron chi connectivity index (χ2n) is 4.34. The van der Waals surface area contributed by atoms with E-state index in [1.54, 1.807) is 0 Å². The van der Waals surface area contributed by atoms with Gasteiger partial charge < -0.3 is 5.73 Å². The van der Waals surface area contributed by atoms with Crippen molar-refractivity contribution in [3.05, 3.63) is 9.47 Å². The van der Waals surface area contributed by atoms with Crippen LogP contribution in [0.4, 0.5) is 0 Å². The molecule has 2 N–H and O–H groups in total. The number of nitrogens with zero attached hydrogens (tertiary/aromatic N) is 3. The van der Waals surface area contributed by atoms with Gasteiger partial charge in [0.25, 0.3) is 0 Å². The molecule has 0 bridgehead atoms. The van der Waals surface area contributed by atoms with Gasteiger partial charge in [-0.1, -0.05) is 18.3 Å². The van der Waals surface area contributed by atoms with Gasteiger partial charge in [-0.25, -0.2) is 0 Å². The summed E-state index contributed by atoms with van der Waals surface area (Å²) in [6.45, 7) is 4.92. The van der Waals surface area contributed by atoms with Gasteiger partial charge in [0.15, 0.2) is 0 Å². The molecule has 2 rings (SSSR count). The Balaban J connectivity index is 2.02. The Morgan fingerprint density at radius 3 is 3.00 bits per heavy atom. The molecule has 0 saturated carbocycles. The largest absolute Gasteiger partial charge is 0.329 e. The number of aromatic nitrogens is 2. The molecule has 1 aromatic rings. The van der Waals surface area contributed by atoms with Gasteiger partial charge in [-0.15, -0.1) is 10.2 Å². The molecule has 1 aromatic heterocycles. The molecule has 1 fully saturated rings. The molecule has 2 atom stereocenters. The molecule has 6 heteroatoms. The van der Waals surface area contributed by atoms with E-state index >= 15 is 0 Å². The number of rotatable bonds is 3. The van der Waals surface area contributed by atoms with Gasteiger partial charge in [-0.2, -0.15) is 0 Å². The molecule has 0 radical (unpaired) electrons. The Bertz CT molecular complexity index is 343. The van der Waals surface area contributed by atoms with Gasteiger partial charge in [0.1, 0.15) is 5.01 Å². The van der Waals surface area contributed by atoms with Crippen molar-refractivity contribution in [2.75, 3.05) is 13.1 Å². The van der Waals surface area contributed by atoms with Gasteiger partial charge >= 0.3 is 0 Å². The highest BCUT2D eigenvalue weighted by Gasteiger charge is 2.27. The predicted molar refractivity (Wildman–Crippen MR) is 66.6 cm³/mol. The van der Waals surface area contributed by atoms with E-state index in [-0.39, 0.29) is 0 Å². The van der Waals surface area contributed by atoms with Crippen LogP contribution in [0.3, 0.4) is 0 Å². The minimum absolute atomic E-state index is 0.469. The average Bonchev–Trinajstić information content (AvgIpc) is 2.64. The van der Waals surface area contributed by atoms with E-state index in [2.05, 4.69) is 22.0 Å². The lowest BCUT2D eigenvalue weighted by Crippen LogP contribution is -2.47. The lowest BCUT2D eigenvalue weighted by atomic mass is 9.91. The van der Waals surface area contributed by atoms with Crippen LogP contribution >= 0.6 is 22.9 Å². The minimum atomic E-state index is 0.469. The predicted octanol–water partition coefficient (Wildman–Crippen LogP) is 1.75. The molecule has 16 heavy (non-hydrogen) atoms. The standard InChI is InChI=1S/C10H17ClN4S/c1-7-3-2-4-15(8(7)5-12)6-9-13-14-10(11)16-9/h7-8H,2-6,12H2,1H3. The zero-order valence-corrected chi connectivity index (χ0v) is 11.0. The van der Waals surface area contributed by atoms with E-state index in [0.717, 1.165) is 18.1 Å². The molecular weight excluding hydrogens is 244 g/mol. The maximum absolute atomic E-state index is 5.84. The second-order valence-corrected chi connectivity index (χ2v) is 5.99. The fourth-order valence-electron chi connectivity index (χ4n) is 2.38. The highest BCUT2D eigenvalue weighted by molar-refractivity contribution is 7.15. The number of nitrogens with two attached hydrogens (primary N) is 1. The quantitative estimate of drug-likeness (QED) is 0.900. The average molecular weight is 261 g/mol. The Morgan fingerprint density at radius 2 is 2.38 bits per heavy atom. The summed E-state index contributed by atoms with van der Waals surface area (Å²) in [5.74, 6) is 0.669. The summed E-state index contributed by atoms with van der Waals surface area (Å²) in [4.78, 5) is 2.41. The van der Waals surface area contributed by atoms with Crippen molar-refractivity contribution in [2.45, 2.75) is 32.4 Å². The van der Waals surface area contributed by atoms with Gasteiger partial charge in [0.2, 0.25) is 4.47 Å². The Labute approximate surface area is 105 Å². The van der Waals surface area contributed by atoms with E-state index in [1.165, 1.54) is 24.2 Å². The molecule has 0 spiro atoms. The van der Waals surface area contributed by atoms with E-state index < -0.39 is 0 Å². The number of piperidine rings is 1. The molecular formula is C10H17ClN4S. The van der Waals surface area contributed by atoms with E-state index in [1.807, 2.05) is 0 Å². The third-order valence-electron chi connectivity index (χ3n) is 3.25. The molecule has 0 aliphatic carbocycles. The molecule has 2 heterocycles. The first-order chi connectivity index (χ1) is 7.70. The monoisotopic (exact) mass is 260 g/mol. The van der Waals surface area contributed by atoms with E-state index in [4.69, 9.17) is 17.3 Å². The lowest BCUT2D eigenvalue weighted by molar-refractivity contribution is 0.0988. The van der Waals surface area contributed by atoms with E-state index in [0.29, 0.717) is 23.0 Å².